The molecule has 53 heavy (non-hydrogen) atoms. The van der Waals surface area contributed by atoms with E-state index in [0.717, 1.165) is 5.69 Å². The molecule has 0 spiro atoms. The van der Waals surface area contributed by atoms with E-state index in [9.17, 15) is 0 Å². The van der Waals surface area contributed by atoms with Gasteiger partial charge in [-0.2, -0.15) is 0 Å². The Kier molecular flexibility index (Phi) is 7.03. The Labute approximate surface area is 319 Å². The number of anilines is 3. The highest BCUT2D eigenvalue weighted by molar-refractivity contribution is 8.00. The van der Waals surface area contributed by atoms with Gasteiger partial charge in [0.2, 0.25) is 0 Å². The van der Waals surface area contributed by atoms with Crippen LogP contribution >= 0.6 is 11.8 Å². The van der Waals surface area contributed by atoms with E-state index in [1.54, 1.807) is 10.4 Å². The van der Waals surface area contributed by atoms with Crippen molar-refractivity contribution in [3.05, 3.63) is 174 Å². The monoisotopic (exact) mass is 717 g/mol. The van der Waals surface area contributed by atoms with Crippen LogP contribution in [0.25, 0.3) is 33.4 Å². The van der Waals surface area contributed by atoms with E-state index in [-0.39, 0.29) is 10.8 Å². The summed E-state index contributed by atoms with van der Waals surface area (Å²) < 4.78 is 0. The van der Waals surface area contributed by atoms with Crippen LogP contribution in [0.2, 0.25) is 13.1 Å². The molecule has 1 nitrogen and oxygen atoms in total. The first kappa shape index (κ1) is 32.5. The zero-order valence-electron chi connectivity index (χ0n) is 31.3. The Morgan fingerprint density at radius 1 is 0.453 bits per heavy atom. The molecule has 1 aliphatic heterocycles. The summed E-state index contributed by atoms with van der Waals surface area (Å²) in [6.45, 7) is 14.6. The Morgan fingerprint density at radius 3 is 1.77 bits per heavy atom. The van der Waals surface area contributed by atoms with Crippen LogP contribution in [0.15, 0.2) is 161 Å². The summed E-state index contributed by atoms with van der Waals surface area (Å²) in [5.41, 5.74) is 16.9. The van der Waals surface area contributed by atoms with Gasteiger partial charge in [0.1, 0.15) is 8.07 Å². The number of fused-ring (bicyclic) bond motifs is 9. The fraction of sp³-hybridized carbons (Fsp3) is 0.160. The molecule has 258 valence electrons. The first-order chi connectivity index (χ1) is 25.5. The lowest BCUT2D eigenvalue weighted by Crippen LogP contribution is -2.56. The summed E-state index contributed by atoms with van der Waals surface area (Å²) in [6.07, 6.45) is 0. The third-order valence-corrected chi connectivity index (χ3v) is 17.7. The zero-order chi connectivity index (χ0) is 36.3. The van der Waals surface area contributed by atoms with Crippen LogP contribution in [-0.2, 0) is 10.8 Å². The van der Waals surface area contributed by atoms with E-state index in [1.807, 2.05) is 11.8 Å². The quantitative estimate of drug-likeness (QED) is 0.167. The van der Waals surface area contributed by atoms with E-state index >= 15 is 0 Å². The molecular weight excluding hydrogens is 675 g/mol. The Bertz CT molecular complexity index is 2620. The van der Waals surface area contributed by atoms with Crippen molar-refractivity contribution < 1.29 is 0 Å². The average Bonchev–Trinajstić information content (AvgIpc) is 3.55. The van der Waals surface area contributed by atoms with Gasteiger partial charge in [-0.05, 0) is 108 Å². The number of benzene rings is 7. The summed E-state index contributed by atoms with van der Waals surface area (Å²) >= 11 is 1.99. The molecule has 2 aliphatic carbocycles. The van der Waals surface area contributed by atoms with Crippen LogP contribution in [0.5, 0.6) is 0 Å². The second-order valence-corrected chi connectivity index (χ2v) is 22.0. The second kappa shape index (κ2) is 11.5. The maximum Gasteiger partial charge on any atom is 0.115 e. The summed E-state index contributed by atoms with van der Waals surface area (Å²) in [4.78, 5) is 5.38. The lowest BCUT2D eigenvalue weighted by molar-refractivity contribution is 0.659. The maximum atomic E-state index is 2.53. The third kappa shape index (κ3) is 4.70. The van der Waals surface area contributed by atoms with Crippen LogP contribution in [0.4, 0.5) is 17.1 Å². The molecule has 0 saturated heterocycles. The summed E-state index contributed by atoms with van der Waals surface area (Å²) in [7, 11) is -1.86. The van der Waals surface area contributed by atoms with Crippen molar-refractivity contribution in [2.24, 2.45) is 0 Å². The first-order valence-electron chi connectivity index (χ1n) is 18.9. The zero-order valence-corrected chi connectivity index (χ0v) is 33.1. The van der Waals surface area contributed by atoms with Gasteiger partial charge in [0.25, 0.3) is 0 Å². The van der Waals surface area contributed by atoms with Gasteiger partial charge in [0.15, 0.2) is 0 Å². The van der Waals surface area contributed by atoms with Crippen LogP contribution in [0.1, 0.15) is 49.9 Å². The Hall–Kier alpha value is -5.09. The van der Waals surface area contributed by atoms with Gasteiger partial charge in [-0.25, -0.2) is 0 Å². The van der Waals surface area contributed by atoms with Gasteiger partial charge in [-0.1, -0.05) is 162 Å². The molecule has 0 aromatic heterocycles. The van der Waals surface area contributed by atoms with Crippen molar-refractivity contribution in [3.63, 3.8) is 0 Å². The number of hydrogen-bond donors (Lipinski definition) is 0. The maximum absolute atomic E-state index is 2.53. The molecule has 0 bridgehead atoms. The van der Waals surface area contributed by atoms with Crippen LogP contribution < -0.4 is 15.3 Å². The molecule has 10 rings (SSSR count). The molecule has 3 heteroatoms. The Balaban J connectivity index is 1.14. The summed E-state index contributed by atoms with van der Waals surface area (Å²) in [5, 5.41) is 3.12. The van der Waals surface area contributed by atoms with Crippen LogP contribution in [-0.4, -0.2) is 8.07 Å². The summed E-state index contributed by atoms with van der Waals surface area (Å²) in [5.74, 6) is 0. The lowest BCUT2D eigenvalue weighted by Gasteiger charge is -2.34. The molecule has 0 amide bonds. The second-order valence-electron chi connectivity index (χ2n) is 16.6. The van der Waals surface area contributed by atoms with Gasteiger partial charge >= 0.3 is 0 Å². The minimum absolute atomic E-state index is 0.0845. The fourth-order valence-corrected chi connectivity index (χ4v) is 15.1. The van der Waals surface area contributed by atoms with Gasteiger partial charge in [-0.3, -0.25) is 0 Å². The fourth-order valence-electron chi connectivity index (χ4n) is 9.56. The molecule has 0 radical (unpaired) electrons. The molecule has 0 fully saturated rings. The highest BCUT2D eigenvalue weighted by atomic mass is 32.2. The highest BCUT2D eigenvalue weighted by Gasteiger charge is 2.43. The van der Waals surface area contributed by atoms with E-state index in [1.165, 1.54) is 76.8 Å². The minimum atomic E-state index is -1.86. The van der Waals surface area contributed by atoms with Crippen LogP contribution in [0, 0.1) is 0 Å². The summed E-state index contributed by atoms with van der Waals surface area (Å²) in [6, 6.07) is 57.2. The van der Waals surface area contributed by atoms with E-state index in [2.05, 4.69) is 197 Å². The Morgan fingerprint density at radius 2 is 1.02 bits per heavy atom. The lowest BCUT2D eigenvalue weighted by atomic mass is 9.82. The standard InChI is InChI=1S/C50H43NSSi/c1-49(2)40-17-11-10-16-37(40)38-26-24-35(30-42(38)49)51(34-22-20-33(21-23-34)32-14-8-7-9-15-32)36-25-27-39-43(31-36)50(3,4)41-28-29-46-48(47(39)41)52-44-18-12-13-19-45(44)53(46,5)6/h7-31H,1-6H3. The van der Waals surface area contributed by atoms with Crippen molar-refractivity contribution >= 4 is 47.3 Å². The van der Waals surface area contributed by atoms with Crippen molar-refractivity contribution in [3.8, 4) is 33.4 Å². The van der Waals surface area contributed by atoms with Gasteiger partial charge in [0, 0.05) is 37.7 Å². The highest BCUT2D eigenvalue weighted by Crippen LogP contribution is 2.55. The van der Waals surface area contributed by atoms with Gasteiger partial charge in [0.05, 0.1) is 0 Å². The molecule has 0 unspecified atom stereocenters. The smallest absolute Gasteiger partial charge is 0.115 e. The first-order valence-corrected chi connectivity index (χ1v) is 22.7. The molecule has 1 heterocycles. The van der Waals surface area contributed by atoms with E-state index in [4.69, 9.17) is 0 Å². The average molecular weight is 718 g/mol. The molecule has 3 aliphatic rings. The SMILES string of the molecule is CC1(C)c2ccccc2-c2ccc(N(c3ccc(-c4ccccc4)cc3)c3ccc4c(c3)C(C)(C)c3ccc5c(c3-4)Sc3ccccc3[Si]5(C)C)cc21. The minimum Gasteiger partial charge on any atom is -0.310 e. The largest absolute Gasteiger partial charge is 0.310 e. The van der Waals surface area contributed by atoms with Crippen LogP contribution in [0.3, 0.4) is 0 Å². The molecule has 7 aromatic rings. The van der Waals surface area contributed by atoms with Gasteiger partial charge in [-0.15, -0.1) is 0 Å². The molecular formula is C50H43NSSi. The number of nitrogens with zero attached hydrogens (tertiary/aromatic N) is 1. The normalized spacial score (nSPS) is 16.1. The molecule has 0 atom stereocenters. The number of hydrogen-bond acceptors (Lipinski definition) is 2. The van der Waals surface area contributed by atoms with E-state index in [0.29, 0.717) is 0 Å². The molecule has 7 aromatic carbocycles. The van der Waals surface area contributed by atoms with Crippen molar-refractivity contribution in [2.75, 3.05) is 4.90 Å². The van der Waals surface area contributed by atoms with E-state index < -0.39 is 8.07 Å². The topological polar surface area (TPSA) is 3.24 Å². The number of rotatable bonds is 4. The van der Waals surface area contributed by atoms with Crippen molar-refractivity contribution in [1.82, 2.24) is 0 Å². The van der Waals surface area contributed by atoms with Gasteiger partial charge < -0.3 is 4.90 Å². The molecule has 0 saturated carbocycles. The third-order valence-electron chi connectivity index (χ3n) is 12.5. The molecule has 0 N–H and O–H groups in total. The predicted octanol–water partition coefficient (Wildman–Crippen LogP) is 12.7. The van der Waals surface area contributed by atoms with Crippen molar-refractivity contribution in [1.29, 1.82) is 0 Å². The van der Waals surface area contributed by atoms with Crippen molar-refractivity contribution in [2.45, 2.75) is 61.4 Å². The predicted molar refractivity (Wildman–Crippen MR) is 229 cm³/mol.